The van der Waals surface area contributed by atoms with Crippen molar-refractivity contribution in [2.75, 3.05) is 13.1 Å². The van der Waals surface area contributed by atoms with Gasteiger partial charge in [-0.15, -0.1) is 0 Å². The van der Waals surface area contributed by atoms with Crippen molar-refractivity contribution in [3.8, 4) is 0 Å². The molecule has 0 saturated carbocycles. The van der Waals surface area contributed by atoms with E-state index in [4.69, 9.17) is 17.2 Å². The molecule has 0 aromatic heterocycles. The van der Waals surface area contributed by atoms with Crippen LogP contribution in [0.3, 0.4) is 0 Å². The molecule has 3 unspecified atom stereocenters. The molecule has 1 heterocycles. The fraction of sp³-hybridized carbons (Fsp3) is 0.625. The molecule has 1 aliphatic rings. The maximum atomic E-state index is 12.4. The number of carbonyl (C=O) groups is 6. The molecule has 0 radical (unpaired) electrons. The molecule has 13 nitrogen and oxygen atoms in total. The standard InChI is InChI=1S/C16H26N6O7/c17-8(6-12(19)24)14(26)20-7-13(25)22-5-1-2-10(22)15(27)21-9(16(28)29)3-4-11(18)23/h8-10H,1-7,17H2,(H2,18,23)(H2,19,24)(H,20,26)(H,21,27)(H,28,29). The van der Waals surface area contributed by atoms with Gasteiger partial charge in [-0.2, -0.15) is 0 Å². The Morgan fingerprint density at radius 3 is 2.31 bits per heavy atom. The van der Waals surface area contributed by atoms with E-state index in [1.54, 1.807) is 0 Å². The Kier molecular flexibility index (Phi) is 8.99. The van der Waals surface area contributed by atoms with Crippen LogP contribution < -0.4 is 27.8 Å². The number of nitrogens with zero attached hydrogens (tertiary/aromatic N) is 1. The number of rotatable bonds is 11. The van der Waals surface area contributed by atoms with Crippen molar-refractivity contribution in [3.63, 3.8) is 0 Å². The topological polar surface area (TPSA) is 228 Å². The molecule has 1 aliphatic heterocycles. The van der Waals surface area contributed by atoms with E-state index in [0.29, 0.717) is 12.8 Å². The second kappa shape index (κ2) is 10.9. The molecule has 162 valence electrons. The zero-order chi connectivity index (χ0) is 22.1. The Balaban J connectivity index is 2.64. The molecule has 1 fully saturated rings. The Labute approximate surface area is 166 Å². The molecule has 0 aliphatic carbocycles. The van der Waals surface area contributed by atoms with Crippen LogP contribution in [-0.2, 0) is 28.8 Å². The zero-order valence-corrected chi connectivity index (χ0v) is 15.8. The van der Waals surface area contributed by atoms with Crippen LogP contribution in [-0.4, -0.2) is 76.7 Å². The third-order valence-corrected chi connectivity index (χ3v) is 4.34. The Bertz CT molecular complexity index is 683. The summed E-state index contributed by atoms with van der Waals surface area (Å²) in [5.74, 6) is -4.77. The van der Waals surface area contributed by atoms with Gasteiger partial charge in [0, 0.05) is 13.0 Å². The number of primary amides is 2. The number of carboxylic acids is 1. The molecular weight excluding hydrogens is 388 g/mol. The lowest BCUT2D eigenvalue weighted by atomic mass is 10.1. The first-order chi connectivity index (χ1) is 13.5. The molecule has 5 amide bonds. The predicted molar refractivity (Wildman–Crippen MR) is 97.5 cm³/mol. The van der Waals surface area contributed by atoms with E-state index < -0.39 is 60.2 Å². The van der Waals surface area contributed by atoms with Crippen LogP contribution in [0.4, 0.5) is 0 Å². The van der Waals surface area contributed by atoms with Gasteiger partial charge in [-0.25, -0.2) is 4.79 Å². The van der Waals surface area contributed by atoms with E-state index >= 15 is 0 Å². The second-order valence-corrected chi connectivity index (χ2v) is 6.64. The van der Waals surface area contributed by atoms with E-state index in [1.165, 1.54) is 4.90 Å². The molecule has 1 rings (SSSR count). The number of carboxylic acid groups (broad SMARTS) is 1. The van der Waals surface area contributed by atoms with Crippen molar-refractivity contribution < 1.29 is 33.9 Å². The largest absolute Gasteiger partial charge is 0.480 e. The average molecular weight is 414 g/mol. The summed E-state index contributed by atoms with van der Waals surface area (Å²) in [6.07, 6.45) is 0.0521. The maximum absolute atomic E-state index is 12.4. The number of aliphatic carboxylic acids is 1. The summed E-state index contributed by atoms with van der Waals surface area (Å²) in [6.45, 7) is -0.196. The van der Waals surface area contributed by atoms with Crippen molar-refractivity contribution in [1.82, 2.24) is 15.5 Å². The molecular formula is C16H26N6O7. The summed E-state index contributed by atoms with van der Waals surface area (Å²) in [5, 5.41) is 13.8. The quantitative estimate of drug-likeness (QED) is 0.195. The summed E-state index contributed by atoms with van der Waals surface area (Å²) in [5.41, 5.74) is 15.4. The van der Waals surface area contributed by atoms with Crippen molar-refractivity contribution in [1.29, 1.82) is 0 Å². The lowest BCUT2D eigenvalue weighted by molar-refractivity contribution is -0.144. The van der Waals surface area contributed by atoms with Gasteiger partial charge in [0.1, 0.15) is 12.1 Å². The zero-order valence-electron chi connectivity index (χ0n) is 15.8. The molecule has 0 aromatic carbocycles. The first-order valence-corrected chi connectivity index (χ1v) is 8.95. The number of hydrogen-bond donors (Lipinski definition) is 6. The molecule has 0 aromatic rings. The molecule has 3 atom stereocenters. The highest BCUT2D eigenvalue weighted by atomic mass is 16.4. The maximum Gasteiger partial charge on any atom is 0.326 e. The highest BCUT2D eigenvalue weighted by Gasteiger charge is 2.36. The van der Waals surface area contributed by atoms with E-state index in [9.17, 15) is 33.9 Å². The van der Waals surface area contributed by atoms with Gasteiger partial charge in [0.2, 0.25) is 29.5 Å². The van der Waals surface area contributed by atoms with Crippen molar-refractivity contribution >= 4 is 35.5 Å². The fourth-order valence-electron chi connectivity index (χ4n) is 2.85. The molecule has 29 heavy (non-hydrogen) atoms. The Morgan fingerprint density at radius 2 is 1.76 bits per heavy atom. The lowest BCUT2D eigenvalue weighted by Crippen LogP contribution is -2.53. The van der Waals surface area contributed by atoms with Crippen LogP contribution in [0.15, 0.2) is 0 Å². The van der Waals surface area contributed by atoms with Gasteiger partial charge >= 0.3 is 5.97 Å². The first-order valence-electron chi connectivity index (χ1n) is 8.95. The van der Waals surface area contributed by atoms with Crippen LogP contribution in [0.25, 0.3) is 0 Å². The summed E-state index contributed by atoms with van der Waals surface area (Å²) in [6, 6.07) is -3.42. The number of carbonyl (C=O) groups excluding carboxylic acids is 5. The Hall–Kier alpha value is -3.22. The lowest BCUT2D eigenvalue weighted by Gasteiger charge is -2.25. The minimum atomic E-state index is -1.33. The third kappa shape index (κ3) is 7.73. The van der Waals surface area contributed by atoms with Crippen molar-refractivity contribution in [2.24, 2.45) is 17.2 Å². The first kappa shape index (κ1) is 23.8. The van der Waals surface area contributed by atoms with Crippen LogP contribution in [0.2, 0.25) is 0 Å². The van der Waals surface area contributed by atoms with Crippen LogP contribution in [0.1, 0.15) is 32.1 Å². The highest BCUT2D eigenvalue weighted by molar-refractivity contribution is 5.93. The van der Waals surface area contributed by atoms with Crippen molar-refractivity contribution in [3.05, 3.63) is 0 Å². The normalized spacial score (nSPS) is 17.8. The second-order valence-electron chi connectivity index (χ2n) is 6.64. The van der Waals surface area contributed by atoms with Gasteiger partial charge in [-0.05, 0) is 19.3 Å². The van der Waals surface area contributed by atoms with E-state index in [1.807, 2.05) is 0 Å². The van der Waals surface area contributed by atoms with Gasteiger partial charge < -0.3 is 37.8 Å². The van der Waals surface area contributed by atoms with Gasteiger partial charge in [-0.1, -0.05) is 0 Å². The highest BCUT2D eigenvalue weighted by Crippen LogP contribution is 2.18. The molecule has 0 bridgehead atoms. The SMILES string of the molecule is NC(=O)CCC(NC(=O)C1CCCN1C(=O)CNC(=O)C(N)CC(N)=O)C(=O)O. The summed E-state index contributed by atoms with van der Waals surface area (Å²) >= 11 is 0. The number of nitrogens with one attached hydrogen (secondary N) is 2. The number of likely N-dealkylation sites (tertiary alicyclic amines) is 1. The van der Waals surface area contributed by atoms with Gasteiger partial charge in [0.15, 0.2) is 0 Å². The fourth-order valence-corrected chi connectivity index (χ4v) is 2.85. The summed E-state index contributed by atoms with van der Waals surface area (Å²) in [7, 11) is 0. The van der Waals surface area contributed by atoms with Crippen LogP contribution in [0.5, 0.6) is 0 Å². The average Bonchev–Trinajstić information content (AvgIpc) is 3.11. The van der Waals surface area contributed by atoms with Gasteiger partial charge in [-0.3, -0.25) is 24.0 Å². The van der Waals surface area contributed by atoms with E-state index in [-0.39, 0.29) is 25.8 Å². The molecule has 0 spiro atoms. The van der Waals surface area contributed by atoms with Crippen molar-refractivity contribution in [2.45, 2.75) is 50.2 Å². The van der Waals surface area contributed by atoms with Crippen LogP contribution >= 0.6 is 0 Å². The predicted octanol–water partition coefficient (Wildman–Crippen LogP) is -3.87. The molecule has 9 N–H and O–H groups in total. The van der Waals surface area contributed by atoms with Gasteiger partial charge in [0.05, 0.1) is 19.0 Å². The smallest absolute Gasteiger partial charge is 0.326 e. The minimum absolute atomic E-state index is 0.176. The minimum Gasteiger partial charge on any atom is -0.480 e. The molecule has 1 saturated heterocycles. The number of amides is 5. The summed E-state index contributed by atoms with van der Waals surface area (Å²) < 4.78 is 0. The Morgan fingerprint density at radius 1 is 1.10 bits per heavy atom. The summed E-state index contributed by atoms with van der Waals surface area (Å²) in [4.78, 5) is 70.7. The third-order valence-electron chi connectivity index (χ3n) is 4.34. The number of nitrogens with two attached hydrogens (primary N) is 3. The van der Waals surface area contributed by atoms with Crippen LogP contribution in [0, 0.1) is 0 Å². The van der Waals surface area contributed by atoms with E-state index in [2.05, 4.69) is 10.6 Å². The van der Waals surface area contributed by atoms with Gasteiger partial charge in [0.25, 0.3) is 0 Å². The monoisotopic (exact) mass is 414 g/mol. The van der Waals surface area contributed by atoms with E-state index in [0.717, 1.165) is 0 Å². The molecule has 13 heteroatoms. The number of hydrogen-bond acceptors (Lipinski definition) is 7.